The molecule has 7 heteroatoms. The number of hydrogen-bond acceptors (Lipinski definition) is 6. The molecule has 0 radical (unpaired) electrons. The first-order valence-corrected chi connectivity index (χ1v) is 5.22. The van der Waals surface area contributed by atoms with Crippen molar-refractivity contribution in [2.24, 2.45) is 5.84 Å². The molecular formula is C11H12N6O. The summed E-state index contributed by atoms with van der Waals surface area (Å²) in [6.07, 6.45) is 4.52. The number of hydrazine groups is 1. The highest BCUT2D eigenvalue weighted by molar-refractivity contribution is 5.27. The fourth-order valence-electron chi connectivity index (χ4n) is 1.34. The number of pyridine rings is 1. The molecule has 2 aromatic rings. The van der Waals surface area contributed by atoms with Gasteiger partial charge in [-0.25, -0.2) is 25.2 Å². The lowest BCUT2D eigenvalue weighted by molar-refractivity contribution is 0.788. The minimum Gasteiger partial charge on any atom is -0.275 e. The molecule has 0 saturated carbocycles. The summed E-state index contributed by atoms with van der Waals surface area (Å²) in [6, 6.07) is 5.22. The molecule has 0 amide bonds. The van der Waals surface area contributed by atoms with E-state index >= 15 is 0 Å². The fourth-order valence-corrected chi connectivity index (χ4v) is 1.34. The standard InChI is InChI=1S/C11H12N6O/c1-2-7-17(12)10-14-8-16(11(18)15-10)9-5-3-4-6-13-9/h2-6,8H,1,7,12H2. The van der Waals surface area contributed by atoms with E-state index in [0.717, 1.165) is 0 Å². The molecule has 2 N–H and O–H groups in total. The highest BCUT2D eigenvalue weighted by Crippen LogP contribution is 2.01. The van der Waals surface area contributed by atoms with E-state index in [1.807, 2.05) is 0 Å². The topological polar surface area (TPSA) is 89.9 Å². The molecule has 2 aromatic heterocycles. The first-order valence-electron chi connectivity index (χ1n) is 5.22. The zero-order chi connectivity index (χ0) is 13.0. The minimum absolute atomic E-state index is 0.145. The van der Waals surface area contributed by atoms with Gasteiger partial charge < -0.3 is 0 Å². The summed E-state index contributed by atoms with van der Waals surface area (Å²) in [7, 11) is 0. The Bertz CT molecular complexity index is 594. The fraction of sp³-hybridized carbons (Fsp3) is 0.0909. The van der Waals surface area contributed by atoms with Gasteiger partial charge in [0.1, 0.15) is 12.1 Å². The van der Waals surface area contributed by atoms with E-state index < -0.39 is 5.69 Å². The molecular weight excluding hydrogens is 232 g/mol. The number of nitrogens with zero attached hydrogens (tertiary/aromatic N) is 5. The van der Waals surface area contributed by atoms with E-state index in [-0.39, 0.29) is 5.95 Å². The van der Waals surface area contributed by atoms with Gasteiger partial charge in [-0.1, -0.05) is 12.1 Å². The number of rotatable bonds is 4. The van der Waals surface area contributed by atoms with Crippen LogP contribution in [0.15, 0.2) is 48.2 Å². The molecule has 18 heavy (non-hydrogen) atoms. The smallest absolute Gasteiger partial charge is 0.275 e. The zero-order valence-electron chi connectivity index (χ0n) is 9.60. The molecule has 0 atom stereocenters. The van der Waals surface area contributed by atoms with Crippen molar-refractivity contribution in [3.63, 3.8) is 0 Å². The third kappa shape index (κ3) is 2.41. The third-order valence-electron chi connectivity index (χ3n) is 2.17. The van der Waals surface area contributed by atoms with Crippen LogP contribution in [-0.2, 0) is 0 Å². The Balaban J connectivity index is 2.37. The second-order valence-corrected chi connectivity index (χ2v) is 3.44. The lowest BCUT2D eigenvalue weighted by Crippen LogP contribution is -2.35. The summed E-state index contributed by atoms with van der Waals surface area (Å²) < 4.78 is 1.24. The number of aromatic nitrogens is 4. The van der Waals surface area contributed by atoms with E-state index in [0.29, 0.717) is 12.4 Å². The Morgan fingerprint density at radius 1 is 1.44 bits per heavy atom. The van der Waals surface area contributed by atoms with Crippen molar-refractivity contribution in [2.75, 3.05) is 11.6 Å². The number of nitrogens with two attached hydrogens (primary N) is 1. The second-order valence-electron chi connectivity index (χ2n) is 3.44. The van der Waals surface area contributed by atoms with Crippen molar-refractivity contribution in [3.05, 3.63) is 53.9 Å². The second kappa shape index (κ2) is 5.19. The molecule has 0 aliphatic carbocycles. The van der Waals surface area contributed by atoms with Crippen molar-refractivity contribution in [2.45, 2.75) is 0 Å². The summed E-state index contributed by atoms with van der Waals surface area (Å²) in [4.78, 5) is 23.6. The lowest BCUT2D eigenvalue weighted by atomic mass is 10.4. The SMILES string of the molecule is C=CCN(N)c1ncn(-c2ccccn2)c(=O)n1. The van der Waals surface area contributed by atoms with Gasteiger partial charge in [0.05, 0.1) is 6.54 Å². The van der Waals surface area contributed by atoms with Crippen LogP contribution in [0.1, 0.15) is 0 Å². The summed E-state index contributed by atoms with van der Waals surface area (Å²) in [5, 5.41) is 1.23. The largest absolute Gasteiger partial charge is 0.357 e. The molecule has 0 fully saturated rings. The van der Waals surface area contributed by atoms with E-state index in [2.05, 4.69) is 21.5 Å². The molecule has 0 aliphatic heterocycles. The van der Waals surface area contributed by atoms with Gasteiger partial charge in [0, 0.05) is 6.20 Å². The maximum atomic E-state index is 11.8. The van der Waals surface area contributed by atoms with Gasteiger partial charge in [-0.2, -0.15) is 4.98 Å². The molecule has 0 spiro atoms. The van der Waals surface area contributed by atoms with Crippen LogP contribution < -0.4 is 16.5 Å². The van der Waals surface area contributed by atoms with Gasteiger partial charge in [0.25, 0.3) is 0 Å². The number of anilines is 1. The Hall–Kier alpha value is -2.54. The highest BCUT2D eigenvalue weighted by Gasteiger charge is 2.07. The first-order chi connectivity index (χ1) is 8.72. The Morgan fingerprint density at radius 2 is 2.28 bits per heavy atom. The van der Waals surface area contributed by atoms with Gasteiger partial charge in [0.15, 0.2) is 0 Å². The van der Waals surface area contributed by atoms with Crippen LogP contribution in [0, 0.1) is 0 Å². The van der Waals surface area contributed by atoms with Crippen molar-refractivity contribution >= 4 is 5.95 Å². The van der Waals surface area contributed by atoms with Gasteiger partial charge in [-0.05, 0) is 12.1 Å². The average molecular weight is 244 g/mol. The van der Waals surface area contributed by atoms with E-state index in [1.54, 1.807) is 30.5 Å². The Labute approximate surface area is 103 Å². The zero-order valence-corrected chi connectivity index (χ0v) is 9.60. The van der Waals surface area contributed by atoms with Gasteiger partial charge in [0.2, 0.25) is 5.95 Å². The van der Waals surface area contributed by atoms with Crippen molar-refractivity contribution in [1.29, 1.82) is 0 Å². The first kappa shape index (κ1) is 11.9. The summed E-state index contributed by atoms with van der Waals surface area (Å²) in [5.74, 6) is 6.24. The molecule has 7 nitrogen and oxygen atoms in total. The Kier molecular flexibility index (Phi) is 3.44. The maximum absolute atomic E-state index is 11.8. The predicted octanol–water partition coefficient (Wildman–Crippen LogP) is -0.111. The highest BCUT2D eigenvalue weighted by atomic mass is 16.1. The van der Waals surface area contributed by atoms with Crippen LogP contribution >= 0.6 is 0 Å². The molecule has 2 rings (SSSR count). The van der Waals surface area contributed by atoms with Crippen LogP contribution in [-0.4, -0.2) is 26.1 Å². The molecule has 0 bridgehead atoms. The van der Waals surface area contributed by atoms with Crippen molar-refractivity contribution < 1.29 is 0 Å². The average Bonchev–Trinajstić information content (AvgIpc) is 2.40. The molecule has 0 aromatic carbocycles. The van der Waals surface area contributed by atoms with E-state index in [9.17, 15) is 4.79 Å². The minimum atomic E-state index is -0.488. The molecule has 0 aliphatic rings. The van der Waals surface area contributed by atoms with E-state index in [1.165, 1.54) is 15.9 Å². The maximum Gasteiger partial charge on any atom is 0.357 e. The summed E-state index contributed by atoms with van der Waals surface area (Å²) >= 11 is 0. The van der Waals surface area contributed by atoms with Crippen LogP contribution in [0.2, 0.25) is 0 Å². The normalized spacial score (nSPS) is 10.1. The lowest BCUT2D eigenvalue weighted by Gasteiger charge is -2.13. The molecule has 0 saturated heterocycles. The van der Waals surface area contributed by atoms with Crippen molar-refractivity contribution in [1.82, 2.24) is 19.5 Å². The van der Waals surface area contributed by atoms with Gasteiger partial charge >= 0.3 is 5.69 Å². The van der Waals surface area contributed by atoms with Crippen LogP contribution in [0.25, 0.3) is 5.82 Å². The third-order valence-corrected chi connectivity index (χ3v) is 2.17. The van der Waals surface area contributed by atoms with Crippen LogP contribution in [0.5, 0.6) is 0 Å². The predicted molar refractivity (Wildman–Crippen MR) is 67.2 cm³/mol. The van der Waals surface area contributed by atoms with Crippen molar-refractivity contribution in [3.8, 4) is 5.82 Å². The quantitative estimate of drug-likeness (QED) is 0.458. The van der Waals surface area contributed by atoms with Gasteiger partial charge in [-0.15, -0.1) is 6.58 Å². The molecule has 92 valence electrons. The summed E-state index contributed by atoms with van der Waals surface area (Å²) in [5.41, 5.74) is -0.488. The van der Waals surface area contributed by atoms with E-state index in [4.69, 9.17) is 5.84 Å². The van der Waals surface area contributed by atoms with Gasteiger partial charge in [-0.3, -0.25) is 5.01 Å². The monoisotopic (exact) mass is 244 g/mol. The molecule has 2 heterocycles. The molecule has 0 unspecified atom stereocenters. The van der Waals surface area contributed by atoms with Crippen LogP contribution in [0.4, 0.5) is 5.95 Å². The summed E-state index contributed by atoms with van der Waals surface area (Å²) in [6.45, 7) is 3.90. The Morgan fingerprint density at radius 3 is 2.89 bits per heavy atom. The van der Waals surface area contributed by atoms with Crippen LogP contribution in [0.3, 0.4) is 0 Å². The number of hydrogen-bond donors (Lipinski definition) is 1.